The molecule has 2 saturated carbocycles. The number of ether oxygens (including phenoxy) is 1. The molecule has 2 atom stereocenters. The predicted octanol–water partition coefficient (Wildman–Crippen LogP) is 2.62. The fourth-order valence-electron chi connectivity index (χ4n) is 3.15. The highest BCUT2D eigenvalue weighted by Gasteiger charge is 2.38. The first-order chi connectivity index (χ1) is 8.28. The zero-order valence-electron chi connectivity index (χ0n) is 10.9. The molecule has 2 unspecified atom stereocenters. The van der Waals surface area contributed by atoms with Crippen molar-refractivity contribution in [1.82, 2.24) is 5.32 Å². The summed E-state index contributed by atoms with van der Waals surface area (Å²) >= 11 is 0. The molecule has 0 heterocycles. The molecule has 96 valence electrons. The lowest BCUT2D eigenvalue weighted by Crippen LogP contribution is -2.39. The molecule has 17 heavy (non-hydrogen) atoms. The van der Waals surface area contributed by atoms with Crippen LogP contribution in [0.3, 0.4) is 0 Å². The fourth-order valence-corrected chi connectivity index (χ4v) is 3.15. The maximum atomic E-state index is 9.18. The van der Waals surface area contributed by atoms with E-state index >= 15 is 0 Å². The summed E-state index contributed by atoms with van der Waals surface area (Å²) < 4.78 is 6.01. The molecule has 0 aliphatic heterocycles. The minimum atomic E-state index is -0.322. The molecule has 3 heteroatoms. The molecule has 0 bridgehead atoms. The van der Waals surface area contributed by atoms with Gasteiger partial charge in [0.15, 0.2) is 0 Å². The maximum absolute atomic E-state index is 9.18. The Bertz CT molecular complexity index is 280. The molecule has 1 N–H and O–H groups in total. The maximum Gasteiger partial charge on any atom is 0.109 e. The van der Waals surface area contributed by atoms with E-state index in [4.69, 9.17) is 4.74 Å². The van der Waals surface area contributed by atoms with Gasteiger partial charge in [-0.1, -0.05) is 19.3 Å². The summed E-state index contributed by atoms with van der Waals surface area (Å²) in [6, 6.07) is 2.40. The van der Waals surface area contributed by atoms with E-state index in [2.05, 4.69) is 11.4 Å². The summed E-state index contributed by atoms with van der Waals surface area (Å²) in [6.45, 7) is 0.913. The molecule has 0 amide bonds. The van der Waals surface area contributed by atoms with E-state index in [-0.39, 0.29) is 5.54 Å². The van der Waals surface area contributed by atoms with Gasteiger partial charge in [-0.3, -0.25) is 0 Å². The first kappa shape index (κ1) is 12.9. The van der Waals surface area contributed by atoms with Gasteiger partial charge in [0, 0.05) is 13.0 Å². The van der Waals surface area contributed by atoms with Gasteiger partial charge in [-0.05, 0) is 38.6 Å². The Kier molecular flexibility index (Phi) is 4.42. The van der Waals surface area contributed by atoms with Crippen molar-refractivity contribution in [2.45, 2.75) is 63.0 Å². The van der Waals surface area contributed by atoms with E-state index in [9.17, 15) is 5.26 Å². The second-order valence-corrected chi connectivity index (χ2v) is 5.65. The van der Waals surface area contributed by atoms with Gasteiger partial charge in [-0.2, -0.15) is 5.26 Å². The third-order valence-corrected chi connectivity index (χ3v) is 4.45. The summed E-state index contributed by atoms with van der Waals surface area (Å²) in [5.41, 5.74) is -0.322. The smallest absolute Gasteiger partial charge is 0.109 e. The van der Waals surface area contributed by atoms with E-state index in [1.54, 1.807) is 0 Å². The zero-order valence-corrected chi connectivity index (χ0v) is 10.9. The van der Waals surface area contributed by atoms with Crippen LogP contribution in [0.2, 0.25) is 0 Å². The molecular formula is C14H24N2O. The molecule has 3 nitrogen and oxygen atoms in total. The van der Waals surface area contributed by atoms with E-state index in [1.165, 1.54) is 32.1 Å². The standard InChI is InChI=1S/C14H24N2O/c1-16-14(11-15)8-7-13(9-14)17-10-12-5-3-2-4-6-12/h12-13,16H,2-10H2,1H3. The zero-order chi connectivity index (χ0) is 12.1. The number of hydrogen-bond donors (Lipinski definition) is 1. The summed E-state index contributed by atoms with van der Waals surface area (Å²) in [7, 11) is 1.88. The first-order valence-corrected chi connectivity index (χ1v) is 7.00. The van der Waals surface area contributed by atoms with Crippen LogP contribution in [0.5, 0.6) is 0 Å². The number of nitriles is 1. The van der Waals surface area contributed by atoms with Crippen molar-refractivity contribution >= 4 is 0 Å². The third-order valence-electron chi connectivity index (χ3n) is 4.45. The minimum Gasteiger partial charge on any atom is -0.378 e. The molecule has 2 fully saturated rings. The lowest BCUT2D eigenvalue weighted by Gasteiger charge is -2.24. The van der Waals surface area contributed by atoms with Crippen LogP contribution in [0.1, 0.15) is 51.4 Å². The van der Waals surface area contributed by atoms with Gasteiger partial charge >= 0.3 is 0 Å². The normalized spacial score (nSPS) is 34.7. The first-order valence-electron chi connectivity index (χ1n) is 7.00. The van der Waals surface area contributed by atoms with Gasteiger partial charge in [0.05, 0.1) is 12.2 Å². The van der Waals surface area contributed by atoms with Crippen LogP contribution in [0, 0.1) is 17.2 Å². The number of rotatable bonds is 4. The van der Waals surface area contributed by atoms with E-state index in [1.807, 2.05) is 7.05 Å². The third kappa shape index (κ3) is 3.20. The van der Waals surface area contributed by atoms with Crippen LogP contribution < -0.4 is 5.32 Å². The Labute approximate surface area is 105 Å². The highest BCUT2D eigenvalue weighted by Crippen LogP contribution is 2.32. The topological polar surface area (TPSA) is 45.0 Å². The van der Waals surface area contributed by atoms with Gasteiger partial charge < -0.3 is 10.1 Å². The number of hydrogen-bond acceptors (Lipinski definition) is 3. The Balaban J connectivity index is 1.72. The summed E-state index contributed by atoms with van der Waals surface area (Å²) in [5, 5.41) is 12.3. The summed E-state index contributed by atoms with van der Waals surface area (Å²) in [4.78, 5) is 0. The number of nitrogens with zero attached hydrogens (tertiary/aromatic N) is 1. The summed E-state index contributed by atoms with van der Waals surface area (Å²) in [5.74, 6) is 0.774. The molecule has 0 aromatic carbocycles. The molecule has 2 aliphatic rings. The van der Waals surface area contributed by atoms with Gasteiger partial charge in [-0.15, -0.1) is 0 Å². The Hall–Kier alpha value is -0.590. The monoisotopic (exact) mass is 236 g/mol. The van der Waals surface area contributed by atoms with Crippen molar-refractivity contribution < 1.29 is 4.74 Å². The Morgan fingerprint density at radius 1 is 1.29 bits per heavy atom. The second-order valence-electron chi connectivity index (χ2n) is 5.65. The molecule has 0 aromatic rings. The van der Waals surface area contributed by atoms with Crippen molar-refractivity contribution in [3.05, 3.63) is 0 Å². The van der Waals surface area contributed by atoms with Crippen LogP contribution in [0.25, 0.3) is 0 Å². The summed E-state index contributed by atoms with van der Waals surface area (Å²) in [6.07, 6.45) is 9.92. The van der Waals surface area contributed by atoms with Crippen molar-refractivity contribution in [2.75, 3.05) is 13.7 Å². The second kappa shape index (κ2) is 5.84. The average Bonchev–Trinajstić information content (AvgIpc) is 2.82. The quantitative estimate of drug-likeness (QED) is 0.816. The average molecular weight is 236 g/mol. The fraction of sp³-hybridized carbons (Fsp3) is 0.929. The molecular weight excluding hydrogens is 212 g/mol. The minimum absolute atomic E-state index is 0.295. The Morgan fingerprint density at radius 2 is 2.06 bits per heavy atom. The molecule has 0 radical (unpaired) electrons. The van der Waals surface area contributed by atoms with Crippen LogP contribution >= 0.6 is 0 Å². The SMILES string of the molecule is CNC1(C#N)CCC(OCC2CCCCC2)C1. The van der Waals surface area contributed by atoms with Crippen LogP contribution in [0.15, 0.2) is 0 Å². The molecule has 0 aromatic heterocycles. The number of nitrogens with one attached hydrogen (secondary N) is 1. The van der Waals surface area contributed by atoms with Crippen molar-refractivity contribution in [3.8, 4) is 6.07 Å². The lowest BCUT2D eigenvalue weighted by atomic mass is 9.90. The molecule has 0 saturated heterocycles. The molecule has 2 rings (SSSR count). The highest BCUT2D eigenvalue weighted by atomic mass is 16.5. The molecule has 2 aliphatic carbocycles. The van der Waals surface area contributed by atoms with E-state index < -0.39 is 0 Å². The molecule has 0 spiro atoms. The van der Waals surface area contributed by atoms with Gasteiger partial charge in [0.1, 0.15) is 5.54 Å². The largest absolute Gasteiger partial charge is 0.378 e. The lowest BCUT2D eigenvalue weighted by molar-refractivity contribution is 0.0224. The van der Waals surface area contributed by atoms with Crippen LogP contribution in [-0.4, -0.2) is 25.3 Å². The van der Waals surface area contributed by atoms with Gasteiger partial charge in [0.25, 0.3) is 0 Å². The van der Waals surface area contributed by atoms with Gasteiger partial charge in [-0.25, -0.2) is 0 Å². The van der Waals surface area contributed by atoms with E-state index in [0.29, 0.717) is 6.10 Å². The predicted molar refractivity (Wildman–Crippen MR) is 67.6 cm³/mol. The van der Waals surface area contributed by atoms with E-state index in [0.717, 1.165) is 31.8 Å². The van der Waals surface area contributed by atoms with Crippen LogP contribution in [-0.2, 0) is 4.74 Å². The van der Waals surface area contributed by atoms with Crippen molar-refractivity contribution in [1.29, 1.82) is 5.26 Å². The van der Waals surface area contributed by atoms with Crippen LogP contribution in [0.4, 0.5) is 0 Å². The van der Waals surface area contributed by atoms with Gasteiger partial charge in [0.2, 0.25) is 0 Å². The highest BCUT2D eigenvalue weighted by molar-refractivity contribution is 5.11. The Morgan fingerprint density at radius 3 is 2.65 bits per heavy atom. The van der Waals surface area contributed by atoms with Crippen molar-refractivity contribution in [2.24, 2.45) is 5.92 Å². The van der Waals surface area contributed by atoms with Crippen molar-refractivity contribution in [3.63, 3.8) is 0 Å².